The van der Waals surface area contributed by atoms with Crippen LogP contribution in [-0.2, 0) is 12.8 Å². The summed E-state index contributed by atoms with van der Waals surface area (Å²) in [5.41, 5.74) is 9.72. The first kappa shape index (κ1) is 19.8. The maximum atomic E-state index is 6.31. The number of aromatic nitrogens is 4. The Morgan fingerprint density at radius 3 is 2.40 bits per heavy atom. The number of halogens is 1. The van der Waals surface area contributed by atoms with Crippen LogP contribution in [-0.4, -0.2) is 27.0 Å². The fourth-order valence-corrected chi connectivity index (χ4v) is 3.45. The van der Waals surface area contributed by atoms with Crippen molar-refractivity contribution in [3.63, 3.8) is 0 Å². The van der Waals surface area contributed by atoms with Crippen LogP contribution in [0.3, 0.4) is 0 Å². The Balaban J connectivity index is 1.63. The molecule has 0 aliphatic rings. The molecule has 0 radical (unpaired) electrons. The molecule has 0 aliphatic heterocycles. The van der Waals surface area contributed by atoms with Crippen LogP contribution < -0.4 is 10.6 Å². The van der Waals surface area contributed by atoms with Crippen LogP contribution in [0.5, 0.6) is 0 Å². The molecule has 150 valence electrons. The van der Waals surface area contributed by atoms with Gasteiger partial charge in [-0.05, 0) is 24.5 Å². The number of benzene rings is 2. The SMILES string of the molecule is CN(c1cncc(-c2ccccc2)n1)c1nc(N)ncc1CCc1ccccc1Cl. The first-order valence-electron chi connectivity index (χ1n) is 9.58. The van der Waals surface area contributed by atoms with Gasteiger partial charge in [-0.1, -0.05) is 60.1 Å². The lowest BCUT2D eigenvalue weighted by Gasteiger charge is -2.20. The van der Waals surface area contributed by atoms with E-state index in [0.29, 0.717) is 11.6 Å². The largest absolute Gasteiger partial charge is 0.368 e. The Morgan fingerprint density at radius 2 is 1.60 bits per heavy atom. The van der Waals surface area contributed by atoms with Crippen molar-refractivity contribution in [1.82, 2.24) is 19.9 Å². The summed E-state index contributed by atoms with van der Waals surface area (Å²) >= 11 is 6.31. The van der Waals surface area contributed by atoms with Crippen LogP contribution >= 0.6 is 11.6 Å². The van der Waals surface area contributed by atoms with E-state index in [1.165, 1.54) is 0 Å². The van der Waals surface area contributed by atoms with E-state index in [-0.39, 0.29) is 5.95 Å². The van der Waals surface area contributed by atoms with Crippen molar-refractivity contribution in [3.8, 4) is 11.3 Å². The summed E-state index contributed by atoms with van der Waals surface area (Å²) in [6.07, 6.45) is 6.71. The molecule has 0 atom stereocenters. The number of nitrogens with two attached hydrogens (primary N) is 1. The molecule has 2 N–H and O–H groups in total. The highest BCUT2D eigenvalue weighted by Gasteiger charge is 2.15. The number of nitrogens with zero attached hydrogens (tertiary/aromatic N) is 5. The fraction of sp³-hybridized carbons (Fsp3) is 0.130. The van der Waals surface area contributed by atoms with Gasteiger partial charge in [0.25, 0.3) is 0 Å². The second-order valence-electron chi connectivity index (χ2n) is 6.86. The molecular weight excluding hydrogens is 396 g/mol. The van der Waals surface area contributed by atoms with Gasteiger partial charge < -0.3 is 10.6 Å². The monoisotopic (exact) mass is 416 g/mol. The Bertz CT molecular complexity index is 1150. The molecule has 2 aromatic carbocycles. The zero-order valence-corrected chi connectivity index (χ0v) is 17.3. The van der Waals surface area contributed by atoms with Gasteiger partial charge in [0.2, 0.25) is 5.95 Å². The topological polar surface area (TPSA) is 80.8 Å². The van der Waals surface area contributed by atoms with E-state index in [4.69, 9.17) is 22.3 Å². The van der Waals surface area contributed by atoms with Gasteiger partial charge in [-0.25, -0.2) is 9.97 Å². The van der Waals surface area contributed by atoms with Crippen LogP contribution in [0.25, 0.3) is 11.3 Å². The molecule has 2 aromatic heterocycles. The van der Waals surface area contributed by atoms with Gasteiger partial charge in [-0.15, -0.1) is 0 Å². The minimum Gasteiger partial charge on any atom is -0.368 e. The zero-order chi connectivity index (χ0) is 20.9. The second kappa shape index (κ2) is 8.88. The van der Waals surface area contributed by atoms with E-state index in [0.717, 1.165) is 40.2 Å². The third-order valence-electron chi connectivity index (χ3n) is 4.83. The average molecular weight is 417 g/mol. The normalized spacial score (nSPS) is 10.7. The van der Waals surface area contributed by atoms with Crippen LogP contribution in [0.15, 0.2) is 73.2 Å². The lowest BCUT2D eigenvalue weighted by atomic mass is 10.1. The van der Waals surface area contributed by atoms with Crippen molar-refractivity contribution in [1.29, 1.82) is 0 Å². The third kappa shape index (κ3) is 4.39. The van der Waals surface area contributed by atoms with Gasteiger partial charge in [-0.3, -0.25) is 4.98 Å². The highest BCUT2D eigenvalue weighted by atomic mass is 35.5. The molecule has 6 nitrogen and oxygen atoms in total. The summed E-state index contributed by atoms with van der Waals surface area (Å²) in [6, 6.07) is 17.8. The molecule has 0 saturated carbocycles. The standard InChI is InChI=1S/C23H21ClN6/c1-30(21-15-26-14-20(28-21)17-8-3-2-4-9-17)22-18(13-27-23(25)29-22)12-11-16-7-5-6-10-19(16)24/h2-10,13-15H,11-12H2,1H3,(H2,25,27,29). The van der Waals surface area contributed by atoms with Crippen molar-refractivity contribution < 1.29 is 0 Å². The summed E-state index contributed by atoms with van der Waals surface area (Å²) in [5.74, 6) is 1.59. The van der Waals surface area contributed by atoms with E-state index < -0.39 is 0 Å². The summed E-state index contributed by atoms with van der Waals surface area (Å²) < 4.78 is 0. The number of nitrogen functional groups attached to an aromatic ring is 1. The molecule has 4 rings (SSSR count). The number of hydrogen-bond donors (Lipinski definition) is 1. The van der Waals surface area contributed by atoms with Crippen LogP contribution in [0.2, 0.25) is 5.02 Å². The van der Waals surface area contributed by atoms with Crippen molar-refractivity contribution in [2.45, 2.75) is 12.8 Å². The number of aryl methyl sites for hydroxylation is 2. The lowest BCUT2D eigenvalue weighted by molar-refractivity contribution is 0.917. The minimum atomic E-state index is 0.213. The molecule has 0 spiro atoms. The third-order valence-corrected chi connectivity index (χ3v) is 5.20. The van der Waals surface area contributed by atoms with Crippen LogP contribution in [0.4, 0.5) is 17.6 Å². The van der Waals surface area contributed by atoms with Gasteiger partial charge in [0.1, 0.15) is 5.82 Å². The zero-order valence-electron chi connectivity index (χ0n) is 16.5. The van der Waals surface area contributed by atoms with E-state index in [2.05, 4.69) is 15.0 Å². The Labute approximate surface area is 180 Å². The smallest absolute Gasteiger partial charge is 0.221 e. The second-order valence-corrected chi connectivity index (χ2v) is 7.26. The van der Waals surface area contributed by atoms with Crippen molar-refractivity contribution in [3.05, 3.63) is 89.3 Å². The first-order chi connectivity index (χ1) is 14.6. The number of anilines is 3. The van der Waals surface area contributed by atoms with E-state index in [1.54, 1.807) is 18.6 Å². The van der Waals surface area contributed by atoms with Crippen molar-refractivity contribution in [2.75, 3.05) is 17.7 Å². The maximum Gasteiger partial charge on any atom is 0.221 e. The van der Waals surface area contributed by atoms with Gasteiger partial charge in [0.15, 0.2) is 5.82 Å². The van der Waals surface area contributed by atoms with Gasteiger partial charge in [0, 0.05) is 29.4 Å². The summed E-state index contributed by atoms with van der Waals surface area (Å²) in [6.45, 7) is 0. The van der Waals surface area contributed by atoms with Crippen LogP contribution in [0, 0.1) is 0 Å². The lowest BCUT2D eigenvalue weighted by Crippen LogP contribution is -2.17. The molecule has 2 heterocycles. The Morgan fingerprint density at radius 1 is 0.867 bits per heavy atom. The van der Waals surface area contributed by atoms with Crippen LogP contribution in [0.1, 0.15) is 11.1 Å². The Kier molecular flexibility index (Phi) is 5.86. The van der Waals surface area contributed by atoms with Crippen molar-refractivity contribution in [2.24, 2.45) is 0 Å². The van der Waals surface area contributed by atoms with E-state index in [1.807, 2.05) is 66.5 Å². The predicted molar refractivity (Wildman–Crippen MR) is 121 cm³/mol. The molecule has 4 aromatic rings. The summed E-state index contributed by atoms with van der Waals surface area (Å²) in [7, 11) is 1.90. The minimum absolute atomic E-state index is 0.213. The quantitative estimate of drug-likeness (QED) is 0.489. The van der Waals surface area contributed by atoms with E-state index >= 15 is 0 Å². The molecular formula is C23H21ClN6. The number of rotatable bonds is 6. The van der Waals surface area contributed by atoms with E-state index in [9.17, 15) is 0 Å². The number of hydrogen-bond acceptors (Lipinski definition) is 6. The molecule has 30 heavy (non-hydrogen) atoms. The summed E-state index contributed by atoms with van der Waals surface area (Å²) in [5, 5.41) is 0.755. The molecule has 0 bridgehead atoms. The van der Waals surface area contributed by atoms with Gasteiger partial charge in [0.05, 0.1) is 18.1 Å². The Hall–Kier alpha value is -3.51. The molecule has 0 unspecified atom stereocenters. The molecule has 0 aliphatic carbocycles. The molecule has 7 heteroatoms. The van der Waals surface area contributed by atoms with Gasteiger partial charge >= 0.3 is 0 Å². The van der Waals surface area contributed by atoms with Gasteiger partial charge in [-0.2, -0.15) is 4.98 Å². The predicted octanol–water partition coefficient (Wildman–Crippen LogP) is 4.72. The highest BCUT2D eigenvalue weighted by molar-refractivity contribution is 6.31. The van der Waals surface area contributed by atoms with Crippen molar-refractivity contribution >= 4 is 29.2 Å². The average Bonchev–Trinajstić information content (AvgIpc) is 2.79. The summed E-state index contributed by atoms with van der Waals surface area (Å²) in [4.78, 5) is 19.7. The first-order valence-corrected chi connectivity index (χ1v) is 9.95. The maximum absolute atomic E-state index is 6.31. The highest BCUT2D eigenvalue weighted by Crippen LogP contribution is 2.27. The molecule has 0 saturated heterocycles. The molecule has 0 fully saturated rings. The molecule has 0 amide bonds. The fourth-order valence-electron chi connectivity index (χ4n) is 3.22.